The van der Waals surface area contributed by atoms with Gasteiger partial charge in [0.2, 0.25) is 0 Å². The van der Waals surface area contributed by atoms with Gasteiger partial charge in [0.25, 0.3) is 0 Å². The zero-order chi connectivity index (χ0) is 7.70. The first-order chi connectivity index (χ1) is 4.18. The van der Waals surface area contributed by atoms with Crippen molar-refractivity contribution in [1.29, 1.82) is 0 Å². The molecule has 0 aromatic heterocycles. The molecular formula is C7H19NO. The van der Waals surface area contributed by atoms with Crippen molar-refractivity contribution < 1.29 is 4.74 Å². The van der Waals surface area contributed by atoms with Crippen LogP contribution in [0.3, 0.4) is 0 Å². The van der Waals surface area contributed by atoms with Crippen LogP contribution in [0, 0.1) is 0 Å². The van der Waals surface area contributed by atoms with Crippen LogP contribution in [0.2, 0.25) is 0 Å². The molecule has 0 aliphatic heterocycles. The molecule has 0 amide bonds. The summed E-state index contributed by atoms with van der Waals surface area (Å²) >= 11 is 0. The van der Waals surface area contributed by atoms with E-state index in [4.69, 9.17) is 0 Å². The molecule has 0 spiro atoms. The summed E-state index contributed by atoms with van der Waals surface area (Å²) in [5, 5.41) is 0. The Morgan fingerprint density at radius 1 is 1.22 bits per heavy atom. The van der Waals surface area contributed by atoms with Crippen LogP contribution in [0.25, 0.3) is 0 Å². The molecule has 0 aromatic rings. The SMILES string of the molecule is CCN(C)C.CCOC. The molecule has 0 aliphatic rings. The smallest absolute Gasteiger partial charge is 0.0433 e. The van der Waals surface area contributed by atoms with E-state index in [1.165, 1.54) is 0 Å². The zero-order valence-electron chi connectivity index (χ0n) is 7.27. The summed E-state index contributed by atoms with van der Waals surface area (Å²) in [4.78, 5) is 2.12. The van der Waals surface area contributed by atoms with Gasteiger partial charge in [-0.1, -0.05) is 6.92 Å². The third-order valence-electron chi connectivity index (χ3n) is 0.921. The van der Waals surface area contributed by atoms with E-state index in [1.807, 2.05) is 6.92 Å². The van der Waals surface area contributed by atoms with E-state index in [-0.39, 0.29) is 0 Å². The van der Waals surface area contributed by atoms with Gasteiger partial charge in [0, 0.05) is 13.7 Å². The van der Waals surface area contributed by atoms with Gasteiger partial charge in [-0.25, -0.2) is 0 Å². The Kier molecular flexibility index (Phi) is 14.0. The van der Waals surface area contributed by atoms with Gasteiger partial charge >= 0.3 is 0 Å². The fourth-order valence-corrected chi connectivity index (χ4v) is 0. The predicted octanol–water partition coefficient (Wildman–Crippen LogP) is 1.22. The molecule has 0 rings (SSSR count). The van der Waals surface area contributed by atoms with Crippen LogP contribution in [0.15, 0.2) is 0 Å². The average Bonchev–Trinajstić information content (AvgIpc) is 1.89. The quantitative estimate of drug-likeness (QED) is 0.561. The van der Waals surface area contributed by atoms with Crippen LogP contribution < -0.4 is 0 Å². The summed E-state index contributed by atoms with van der Waals surface area (Å²) < 4.78 is 4.54. The highest BCUT2D eigenvalue weighted by Gasteiger charge is 1.72. The lowest BCUT2D eigenvalue weighted by molar-refractivity contribution is 0.215. The van der Waals surface area contributed by atoms with Crippen molar-refractivity contribution in [2.24, 2.45) is 0 Å². The van der Waals surface area contributed by atoms with E-state index in [1.54, 1.807) is 7.11 Å². The molecule has 0 heterocycles. The van der Waals surface area contributed by atoms with E-state index < -0.39 is 0 Å². The molecule has 0 unspecified atom stereocenters. The Bertz CT molecular complexity index is 35.9. The summed E-state index contributed by atoms with van der Waals surface area (Å²) in [5.74, 6) is 0. The Hall–Kier alpha value is -0.0800. The van der Waals surface area contributed by atoms with Crippen molar-refractivity contribution in [2.45, 2.75) is 13.8 Å². The molecule has 0 saturated heterocycles. The van der Waals surface area contributed by atoms with E-state index in [9.17, 15) is 0 Å². The maximum absolute atomic E-state index is 4.54. The van der Waals surface area contributed by atoms with E-state index in [2.05, 4.69) is 30.7 Å². The van der Waals surface area contributed by atoms with Crippen molar-refractivity contribution in [2.75, 3.05) is 34.4 Å². The van der Waals surface area contributed by atoms with Crippen LogP contribution in [0.4, 0.5) is 0 Å². The Balaban J connectivity index is 0. The first-order valence-electron chi connectivity index (χ1n) is 3.32. The van der Waals surface area contributed by atoms with Crippen LogP contribution >= 0.6 is 0 Å². The summed E-state index contributed by atoms with van der Waals surface area (Å²) in [6, 6.07) is 0. The van der Waals surface area contributed by atoms with Gasteiger partial charge in [0.15, 0.2) is 0 Å². The molecule has 0 radical (unpaired) electrons. The summed E-state index contributed by atoms with van der Waals surface area (Å²) in [6.07, 6.45) is 0. The minimum atomic E-state index is 0.819. The molecule has 58 valence electrons. The van der Waals surface area contributed by atoms with Gasteiger partial charge in [-0.3, -0.25) is 0 Å². The Morgan fingerprint density at radius 3 is 1.44 bits per heavy atom. The van der Waals surface area contributed by atoms with Crippen molar-refractivity contribution in [1.82, 2.24) is 4.90 Å². The minimum absolute atomic E-state index is 0.819. The van der Waals surface area contributed by atoms with Gasteiger partial charge in [-0.05, 0) is 27.6 Å². The molecule has 0 aliphatic carbocycles. The molecule has 0 fully saturated rings. The molecule has 2 nitrogen and oxygen atoms in total. The van der Waals surface area contributed by atoms with Crippen LogP contribution in [0.1, 0.15) is 13.8 Å². The monoisotopic (exact) mass is 133 g/mol. The van der Waals surface area contributed by atoms with Crippen molar-refractivity contribution in [3.63, 3.8) is 0 Å². The number of hydrogen-bond acceptors (Lipinski definition) is 2. The van der Waals surface area contributed by atoms with Gasteiger partial charge in [0.1, 0.15) is 0 Å². The first kappa shape index (κ1) is 11.7. The zero-order valence-corrected chi connectivity index (χ0v) is 7.27. The van der Waals surface area contributed by atoms with Gasteiger partial charge in [0.05, 0.1) is 0 Å². The highest BCUT2D eigenvalue weighted by atomic mass is 16.5. The Morgan fingerprint density at radius 2 is 1.44 bits per heavy atom. The molecule has 0 aromatic carbocycles. The summed E-state index contributed by atoms with van der Waals surface area (Å²) in [6.45, 7) is 6.04. The van der Waals surface area contributed by atoms with Crippen molar-refractivity contribution in [3.05, 3.63) is 0 Å². The van der Waals surface area contributed by atoms with Gasteiger partial charge in [-0.2, -0.15) is 0 Å². The third kappa shape index (κ3) is 32.6. The van der Waals surface area contributed by atoms with E-state index in [0.717, 1.165) is 13.2 Å². The van der Waals surface area contributed by atoms with Crippen molar-refractivity contribution in [3.8, 4) is 0 Å². The second-order valence-electron chi connectivity index (χ2n) is 1.97. The largest absolute Gasteiger partial charge is 0.385 e. The van der Waals surface area contributed by atoms with E-state index >= 15 is 0 Å². The first-order valence-corrected chi connectivity index (χ1v) is 3.32. The maximum Gasteiger partial charge on any atom is 0.0433 e. The van der Waals surface area contributed by atoms with Crippen LogP contribution in [-0.4, -0.2) is 39.3 Å². The number of nitrogens with zero attached hydrogens (tertiary/aromatic N) is 1. The minimum Gasteiger partial charge on any atom is -0.385 e. The average molecular weight is 133 g/mol. The second kappa shape index (κ2) is 10.8. The maximum atomic E-state index is 4.54. The van der Waals surface area contributed by atoms with Crippen molar-refractivity contribution >= 4 is 0 Å². The van der Waals surface area contributed by atoms with E-state index in [0.29, 0.717) is 0 Å². The number of hydrogen-bond donors (Lipinski definition) is 0. The van der Waals surface area contributed by atoms with Crippen LogP contribution in [0.5, 0.6) is 0 Å². The number of methoxy groups -OCH3 is 1. The lowest BCUT2D eigenvalue weighted by Gasteiger charge is -2.00. The standard InChI is InChI=1S/C4H11N.C3H8O/c1-4-5(2)3;1-3-4-2/h4H2,1-3H3;3H2,1-2H3. The van der Waals surface area contributed by atoms with Gasteiger partial charge in [-0.15, -0.1) is 0 Å². The number of rotatable bonds is 2. The van der Waals surface area contributed by atoms with Gasteiger partial charge < -0.3 is 9.64 Å². The molecule has 0 atom stereocenters. The fraction of sp³-hybridized carbons (Fsp3) is 1.00. The van der Waals surface area contributed by atoms with Crippen LogP contribution in [-0.2, 0) is 4.74 Å². The molecule has 0 N–H and O–H groups in total. The number of ether oxygens (including phenoxy) is 1. The second-order valence-corrected chi connectivity index (χ2v) is 1.97. The Labute approximate surface area is 58.8 Å². The molecular weight excluding hydrogens is 114 g/mol. The molecule has 0 saturated carbocycles. The lowest BCUT2D eigenvalue weighted by atomic mass is 10.7. The molecule has 2 heteroatoms. The third-order valence-corrected chi connectivity index (χ3v) is 0.921. The molecule has 0 bridgehead atoms. The lowest BCUT2D eigenvalue weighted by Crippen LogP contribution is -2.08. The predicted molar refractivity (Wildman–Crippen MR) is 41.8 cm³/mol. The normalized spacial score (nSPS) is 8.67. The highest BCUT2D eigenvalue weighted by molar-refractivity contribution is 4.25. The highest BCUT2D eigenvalue weighted by Crippen LogP contribution is 1.63. The fourth-order valence-electron chi connectivity index (χ4n) is 0. The topological polar surface area (TPSA) is 12.5 Å². The summed E-state index contributed by atoms with van der Waals surface area (Å²) in [5.41, 5.74) is 0. The summed E-state index contributed by atoms with van der Waals surface area (Å²) in [7, 11) is 5.79. The molecule has 9 heavy (non-hydrogen) atoms.